The molecule has 3 heteroatoms. The Labute approximate surface area is 73.7 Å². The number of carbonyl (C=O) groups is 1. The van der Waals surface area contributed by atoms with Crippen LogP contribution in [-0.4, -0.2) is 18.0 Å². The zero-order chi connectivity index (χ0) is 9.19. The van der Waals surface area contributed by atoms with E-state index in [1.807, 2.05) is 0 Å². The summed E-state index contributed by atoms with van der Waals surface area (Å²) in [7, 11) is 0. The fraction of sp³-hybridized carbons (Fsp3) is 0.889. The van der Waals surface area contributed by atoms with Crippen LogP contribution in [-0.2, 0) is 4.79 Å². The van der Waals surface area contributed by atoms with Crippen molar-refractivity contribution in [1.29, 1.82) is 0 Å². The molecule has 0 bridgehead atoms. The summed E-state index contributed by atoms with van der Waals surface area (Å²) in [6, 6.07) is 0. The standard InChI is InChI=1S/C9H18N2O/c1-3-7(2)9(8(10)12)5-4-6-11-9/h7,11H,3-6H2,1-2H3,(H2,10,12)/t7-,9+/m0/s1. The van der Waals surface area contributed by atoms with E-state index in [2.05, 4.69) is 19.2 Å². The zero-order valence-corrected chi connectivity index (χ0v) is 7.89. The summed E-state index contributed by atoms with van der Waals surface area (Å²) in [6.45, 7) is 5.10. The van der Waals surface area contributed by atoms with Gasteiger partial charge in [-0.25, -0.2) is 0 Å². The highest BCUT2D eigenvalue weighted by atomic mass is 16.1. The Morgan fingerprint density at radius 1 is 1.75 bits per heavy atom. The normalized spacial score (nSPS) is 31.8. The predicted molar refractivity (Wildman–Crippen MR) is 48.6 cm³/mol. The summed E-state index contributed by atoms with van der Waals surface area (Å²) < 4.78 is 0. The summed E-state index contributed by atoms with van der Waals surface area (Å²) in [5.74, 6) is 0.159. The Morgan fingerprint density at radius 2 is 2.42 bits per heavy atom. The monoisotopic (exact) mass is 170 g/mol. The van der Waals surface area contributed by atoms with E-state index < -0.39 is 5.54 Å². The molecule has 1 amide bonds. The average Bonchev–Trinajstić information content (AvgIpc) is 2.52. The van der Waals surface area contributed by atoms with Gasteiger partial charge in [-0.2, -0.15) is 0 Å². The lowest BCUT2D eigenvalue weighted by Crippen LogP contribution is -2.55. The molecule has 0 spiro atoms. The quantitative estimate of drug-likeness (QED) is 0.653. The molecule has 70 valence electrons. The fourth-order valence-corrected chi connectivity index (χ4v) is 1.99. The first-order valence-corrected chi connectivity index (χ1v) is 4.68. The third kappa shape index (κ3) is 1.33. The van der Waals surface area contributed by atoms with Gasteiger partial charge in [0, 0.05) is 0 Å². The van der Waals surface area contributed by atoms with Crippen molar-refractivity contribution in [2.24, 2.45) is 11.7 Å². The first-order chi connectivity index (χ1) is 5.63. The number of nitrogens with two attached hydrogens (primary N) is 1. The van der Waals surface area contributed by atoms with Gasteiger partial charge in [-0.3, -0.25) is 4.79 Å². The Bertz CT molecular complexity index is 173. The van der Waals surface area contributed by atoms with Gasteiger partial charge in [0.1, 0.15) is 5.54 Å². The highest BCUT2D eigenvalue weighted by molar-refractivity contribution is 5.85. The van der Waals surface area contributed by atoms with E-state index in [1.54, 1.807) is 0 Å². The van der Waals surface area contributed by atoms with Crippen LogP contribution in [0.3, 0.4) is 0 Å². The summed E-state index contributed by atoms with van der Waals surface area (Å²) >= 11 is 0. The first kappa shape index (κ1) is 9.52. The van der Waals surface area contributed by atoms with Gasteiger partial charge in [0.15, 0.2) is 0 Å². The van der Waals surface area contributed by atoms with E-state index in [0.717, 1.165) is 25.8 Å². The second-order valence-electron chi connectivity index (χ2n) is 3.68. The maximum atomic E-state index is 11.3. The molecule has 3 N–H and O–H groups in total. The van der Waals surface area contributed by atoms with Crippen LogP contribution in [0.2, 0.25) is 0 Å². The molecule has 1 rings (SSSR count). The Morgan fingerprint density at radius 3 is 2.75 bits per heavy atom. The lowest BCUT2D eigenvalue weighted by atomic mass is 9.81. The molecule has 12 heavy (non-hydrogen) atoms. The topological polar surface area (TPSA) is 55.1 Å². The molecule has 1 aliphatic rings. The number of hydrogen-bond donors (Lipinski definition) is 2. The second kappa shape index (κ2) is 3.44. The molecule has 0 aromatic heterocycles. The summed E-state index contributed by atoms with van der Waals surface area (Å²) in [6.07, 6.45) is 2.96. The Kier molecular flexibility index (Phi) is 2.73. The Hall–Kier alpha value is -0.570. The lowest BCUT2D eigenvalue weighted by Gasteiger charge is -2.31. The molecule has 1 aliphatic heterocycles. The van der Waals surface area contributed by atoms with E-state index in [1.165, 1.54) is 0 Å². The molecule has 1 heterocycles. The van der Waals surface area contributed by atoms with Crippen LogP contribution in [0.25, 0.3) is 0 Å². The molecule has 0 saturated carbocycles. The molecule has 0 radical (unpaired) electrons. The van der Waals surface area contributed by atoms with Gasteiger partial charge < -0.3 is 11.1 Å². The second-order valence-corrected chi connectivity index (χ2v) is 3.68. The largest absolute Gasteiger partial charge is 0.368 e. The van der Waals surface area contributed by atoms with Gasteiger partial charge in [0.25, 0.3) is 0 Å². The fourth-order valence-electron chi connectivity index (χ4n) is 1.99. The molecular formula is C9H18N2O. The van der Waals surface area contributed by atoms with E-state index in [4.69, 9.17) is 5.73 Å². The first-order valence-electron chi connectivity index (χ1n) is 4.68. The van der Waals surface area contributed by atoms with Crippen LogP contribution in [0, 0.1) is 5.92 Å². The van der Waals surface area contributed by atoms with Crippen LogP contribution in [0.5, 0.6) is 0 Å². The lowest BCUT2D eigenvalue weighted by molar-refractivity contribution is -0.125. The molecule has 1 saturated heterocycles. The van der Waals surface area contributed by atoms with Crippen molar-refractivity contribution >= 4 is 5.91 Å². The number of rotatable bonds is 3. The molecule has 3 nitrogen and oxygen atoms in total. The summed E-state index contributed by atoms with van der Waals surface area (Å²) in [4.78, 5) is 11.3. The van der Waals surface area contributed by atoms with Crippen molar-refractivity contribution in [1.82, 2.24) is 5.32 Å². The number of hydrogen-bond acceptors (Lipinski definition) is 2. The van der Waals surface area contributed by atoms with Crippen LogP contribution >= 0.6 is 0 Å². The molecule has 0 aliphatic carbocycles. The molecule has 0 aromatic carbocycles. The number of carbonyl (C=O) groups excluding carboxylic acids is 1. The van der Waals surface area contributed by atoms with Crippen molar-refractivity contribution in [2.45, 2.75) is 38.6 Å². The minimum atomic E-state index is -0.408. The predicted octanol–water partition coefficient (Wildman–Crippen LogP) is 0.640. The van der Waals surface area contributed by atoms with Gasteiger partial charge in [-0.05, 0) is 25.3 Å². The van der Waals surface area contributed by atoms with E-state index in [-0.39, 0.29) is 5.91 Å². The van der Waals surface area contributed by atoms with Gasteiger partial charge in [-0.1, -0.05) is 20.3 Å². The number of nitrogens with one attached hydrogen (secondary N) is 1. The molecule has 0 aromatic rings. The van der Waals surface area contributed by atoms with Crippen molar-refractivity contribution in [3.63, 3.8) is 0 Å². The van der Waals surface area contributed by atoms with Crippen molar-refractivity contribution in [2.75, 3.05) is 6.54 Å². The third-order valence-corrected chi connectivity index (χ3v) is 3.08. The van der Waals surface area contributed by atoms with E-state index in [9.17, 15) is 4.79 Å². The van der Waals surface area contributed by atoms with E-state index >= 15 is 0 Å². The zero-order valence-electron chi connectivity index (χ0n) is 7.89. The SMILES string of the molecule is CC[C@H](C)[C@@]1(C(N)=O)CCCN1. The van der Waals surface area contributed by atoms with Gasteiger partial charge in [0.2, 0.25) is 5.91 Å². The number of primary amides is 1. The summed E-state index contributed by atoms with van der Waals surface area (Å²) in [5, 5.41) is 3.25. The number of amides is 1. The smallest absolute Gasteiger partial charge is 0.238 e. The summed E-state index contributed by atoms with van der Waals surface area (Å²) in [5.41, 5.74) is 5.00. The maximum Gasteiger partial charge on any atom is 0.238 e. The molecule has 0 unspecified atom stereocenters. The van der Waals surface area contributed by atoms with Crippen molar-refractivity contribution in [3.8, 4) is 0 Å². The van der Waals surface area contributed by atoms with Gasteiger partial charge in [-0.15, -0.1) is 0 Å². The Balaban J connectivity index is 2.78. The highest BCUT2D eigenvalue weighted by Gasteiger charge is 2.43. The van der Waals surface area contributed by atoms with Crippen LogP contribution in [0.1, 0.15) is 33.1 Å². The molecule has 1 fully saturated rings. The van der Waals surface area contributed by atoms with Gasteiger partial charge >= 0.3 is 0 Å². The highest BCUT2D eigenvalue weighted by Crippen LogP contribution is 2.29. The van der Waals surface area contributed by atoms with Crippen LogP contribution in [0.15, 0.2) is 0 Å². The van der Waals surface area contributed by atoms with E-state index in [0.29, 0.717) is 5.92 Å². The minimum Gasteiger partial charge on any atom is -0.368 e. The van der Waals surface area contributed by atoms with Crippen LogP contribution in [0.4, 0.5) is 0 Å². The average molecular weight is 170 g/mol. The molecule has 2 atom stereocenters. The van der Waals surface area contributed by atoms with Crippen LogP contribution < -0.4 is 11.1 Å². The van der Waals surface area contributed by atoms with Crippen molar-refractivity contribution in [3.05, 3.63) is 0 Å². The molecular weight excluding hydrogens is 152 g/mol. The third-order valence-electron chi connectivity index (χ3n) is 3.08. The minimum absolute atomic E-state index is 0.186. The maximum absolute atomic E-state index is 11.3. The van der Waals surface area contributed by atoms with Gasteiger partial charge in [0.05, 0.1) is 0 Å². The van der Waals surface area contributed by atoms with Crippen molar-refractivity contribution < 1.29 is 4.79 Å².